The highest BCUT2D eigenvalue weighted by Gasteiger charge is 2.30. The smallest absolute Gasteiger partial charge is 0.352 e. The molecule has 1 heterocycles. The topological polar surface area (TPSA) is 58.1 Å². The largest absolute Gasteiger partial charge is 0.416 e. The van der Waals surface area contributed by atoms with Gasteiger partial charge in [-0.15, -0.1) is 0 Å². The minimum absolute atomic E-state index is 0.0212. The molecular weight excluding hydrogens is 532 g/mol. The molecule has 9 heteroatoms. The molecule has 1 amide bonds. The van der Waals surface area contributed by atoms with Crippen LogP contribution in [0.4, 0.5) is 23.4 Å². The highest BCUT2D eigenvalue weighted by atomic mass is 19.4. The number of benzene rings is 4. The molecule has 5 rings (SSSR count). The summed E-state index contributed by atoms with van der Waals surface area (Å²) in [7, 11) is 0. The van der Waals surface area contributed by atoms with E-state index in [0.29, 0.717) is 34.8 Å². The van der Waals surface area contributed by atoms with Crippen LogP contribution in [0.1, 0.15) is 23.1 Å². The van der Waals surface area contributed by atoms with Crippen LogP contribution in [0.15, 0.2) is 103 Å². The number of fused-ring (bicyclic) bond motifs is 1. The summed E-state index contributed by atoms with van der Waals surface area (Å²) >= 11 is 0. The van der Waals surface area contributed by atoms with Crippen molar-refractivity contribution in [2.45, 2.75) is 25.7 Å². The third-order valence-electron chi connectivity index (χ3n) is 6.55. The number of hydrogen-bond donors (Lipinski definition) is 1. The summed E-state index contributed by atoms with van der Waals surface area (Å²) in [6.45, 7) is 0.714. The Morgan fingerprint density at radius 1 is 0.805 bits per heavy atom. The predicted molar refractivity (Wildman–Crippen MR) is 150 cm³/mol. The number of hydrogen-bond acceptors (Lipinski definition) is 4. The second-order valence-electron chi connectivity index (χ2n) is 9.53. The van der Waals surface area contributed by atoms with Crippen molar-refractivity contribution in [2.75, 3.05) is 11.4 Å². The SMILES string of the molecule is O=C(CCN(Cc1ccccc1)c1nc(-c2ccc(F)cc2)nc2ccccc12)NCc1cccc(C(F)(F)F)c1. The summed E-state index contributed by atoms with van der Waals surface area (Å²) in [5.74, 6) is 0.365. The number of aromatic nitrogens is 2. The van der Waals surface area contributed by atoms with Crippen LogP contribution < -0.4 is 10.2 Å². The van der Waals surface area contributed by atoms with Gasteiger partial charge in [-0.1, -0.05) is 54.6 Å². The van der Waals surface area contributed by atoms with E-state index in [4.69, 9.17) is 4.98 Å². The molecule has 0 bridgehead atoms. The summed E-state index contributed by atoms with van der Waals surface area (Å²) in [4.78, 5) is 24.4. The molecule has 0 fully saturated rings. The molecule has 0 atom stereocenters. The molecule has 5 nitrogen and oxygen atoms in total. The standard InChI is InChI=1S/C32H26F4N4O/c33-26-15-13-24(14-16-26)30-38-28-12-5-4-11-27(28)31(39-30)40(21-22-7-2-1-3-8-22)18-17-29(41)37-20-23-9-6-10-25(19-23)32(34,35)36/h1-16,19H,17-18,20-21H2,(H,37,41). The Bertz CT molecular complexity index is 1640. The maximum Gasteiger partial charge on any atom is 0.416 e. The van der Waals surface area contributed by atoms with Crippen molar-refractivity contribution in [2.24, 2.45) is 0 Å². The van der Waals surface area contributed by atoms with Crippen LogP contribution in [0.3, 0.4) is 0 Å². The van der Waals surface area contributed by atoms with Gasteiger partial charge in [0.05, 0.1) is 11.1 Å². The Kier molecular flexibility index (Phi) is 8.24. The van der Waals surface area contributed by atoms with Crippen molar-refractivity contribution in [3.63, 3.8) is 0 Å². The molecule has 5 aromatic rings. The molecule has 0 aliphatic heterocycles. The highest BCUT2D eigenvalue weighted by molar-refractivity contribution is 5.91. The molecule has 1 N–H and O–H groups in total. The Hall–Kier alpha value is -4.79. The number of carbonyl (C=O) groups is 1. The number of halogens is 4. The van der Waals surface area contributed by atoms with Crippen LogP contribution in [0, 0.1) is 5.82 Å². The molecule has 0 unspecified atom stereocenters. The summed E-state index contributed by atoms with van der Waals surface area (Å²) < 4.78 is 52.8. The van der Waals surface area contributed by atoms with Gasteiger partial charge in [0.25, 0.3) is 0 Å². The van der Waals surface area contributed by atoms with Crippen molar-refractivity contribution in [3.05, 3.63) is 126 Å². The van der Waals surface area contributed by atoms with Gasteiger partial charge in [-0.05, 0) is 59.7 Å². The van der Waals surface area contributed by atoms with Gasteiger partial charge in [-0.3, -0.25) is 4.79 Å². The number of carbonyl (C=O) groups excluding carboxylic acids is 1. The number of nitrogens with one attached hydrogen (secondary N) is 1. The monoisotopic (exact) mass is 558 g/mol. The van der Waals surface area contributed by atoms with E-state index in [0.717, 1.165) is 23.1 Å². The van der Waals surface area contributed by atoms with Crippen LogP contribution in [-0.2, 0) is 24.1 Å². The van der Waals surface area contributed by atoms with Crippen LogP contribution in [0.5, 0.6) is 0 Å². The molecule has 4 aromatic carbocycles. The first-order valence-electron chi connectivity index (χ1n) is 13.0. The third-order valence-corrected chi connectivity index (χ3v) is 6.55. The Morgan fingerprint density at radius 3 is 2.27 bits per heavy atom. The van der Waals surface area contributed by atoms with E-state index in [1.54, 1.807) is 18.2 Å². The van der Waals surface area contributed by atoms with Gasteiger partial charge in [-0.25, -0.2) is 14.4 Å². The molecule has 1 aromatic heterocycles. The first kappa shape index (κ1) is 27.8. The minimum Gasteiger partial charge on any atom is -0.352 e. The fourth-order valence-electron chi connectivity index (χ4n) is 4.48. The van der Waals surface area contributed by atoms with Crippen LogP contribution in [0.2, 0.25) is 0 Å². The van der Waals surface area contributed by atoms with Gasteiger partial charge in [0.1, 0.15) is 11.6 Å². The Morgan fingerprint density at radius 2 is 1.51 bits per heavy atom. The van der Waals surface area contributed by atoms with Crippen molar-refractivity contribution in [3.8, 4) is 11.4 Å². The Balaban J connectivity index is 1.40. The first-order chi connectivity index (χ1) is 19.8. The summed E-state index contributed by atoms with van der Waals surface area (Å²) in [6, 6.07) is 28.1. The van der Waals surface area contributed by atoms with E-state index in [9.17, 15) is 22.4 Å². The summed E-state index contributed by atoms with van der Waals surface area (Å²) in [5, 5.41) is 3.52. The zero-order chi connectivity index (χ0) is 28.8. The van der Waals surface area contributed by atoms with Gasteiger partial charge in [0.2, 0.25) is 5.91 Å². The average Bonchev–Trinajstić information content (AvgIpc) is 2.98. The zero-order valence-electron chi connectivity index (χ0n) is 21.9. The van der Waals surface area contributed by atoms with Gasteiger partial charge < -0.3 is 10.2 Å². The van der Waals surface area contributed by atoms with E-state index in [2.05, 4.69) is 10.3 Å². The lowest BCUT2D eigenvalue weighted by Crippen LogP contribution is -2.31. The lowest BCUT2D eigenvalue weighted by Gasteiger charge is -2.25. The minimum atomic E-state index is -4.45. The predicted octanol–water partition coefficient (Wildman–Crippen LogP) is 7.17. The Labute approximate surface area is 234 Å². The third kappa shape index (κ3) is 7.05. The molecule has 208 valence electrons. The summed E-state index contributed by atoms with van der Waals surface area (Å²) in [5.41, 5.74) is 1.95. The lowest BCUT2D eigenvalue weighted by atomic mass is 10.1. The molecule has 0 saturated carbocycles. The molecular formula is C32H26F4N4O. The number of alkyl halides is 3. The maximum atomic E-state index is 13.6. The average molecular weight is 559 g/mol. The first-order valence-corrected chi connectivity index (χ1v) is 13.0. The van der Waals surface area contributed by atoms with Gasteiger partial charge >= 0.3 is 6.18 Å². The number of anilines is 1. The van der Waals surface area contributed by atoms with E-state index in [-0.39, 0.29) is 31.2 Å². The van der Waals surface area contributed by atoms with Crippen molar-refractivity contribution in [1.29, 1.82) is 0 Å². The lowest BCUT2D eigenvalue weighted by molar-refractivity contribution is -0.137. The molecule has 0 aliphatic rings. The molecule has 0 spiro atoms. The van der Waals surface area contributed by atoms with Crippen LogP contribution in [-0.4, -0.2) is 22.4 Å². The van der Waals surface area contributed by atoms with E-state index in [1.165, 1.54) is 18.2 Å². The maximum absolute atomic E-state index is 13.6. The molecule has 41 heavy (non-hydrogen) atoms. The summed E-state index contributed by atoms with van der Waals surface area (Å²) in [6.07, 6.45) is -4.37. The second-order valence-corrected chi connectivity index (χ2v) is 9.53. The number of nitrogens with zero attached hydrogens (tertiary/aromatic N) is 3. The van der Waals surface area contributed by atoms with Gasteiger partial charge in [0, 0.05) is 37.0 Å². The van der Waals surface area contributed by atoms with Crippen LogP contribution >= 0.6 is 0 Å². The van der Waals surface area contributed by atoms with E-state index >= 15 is 0 Å². The number of rotatable bonds is 9. The van der Waals surface area contributed by atoms with Crippen LogP contribution in [0.25, 0.3) is 22.3 Å². The quantitative estimate of drug-likeness (QED) is 0.195. The zero-order valence-corrected chi connectivity index (χ0v) is 21.9. The van der Waals surface area contributed by atoms with E-state index < -0.39 is 11.7 Å². The van der Waals surface area contributed by atoms with Crippen molar-refractivity contribution in [1.82, 2.24) is 15.3 Å². The second kappa shape index (κ2) is 12.2. The highest BCUT2D eigenvalue weighted by Crippen LogP contribution is 2.30. The number of para-hydroxylation sites is 1. The molecule has 0 radical (unpaired) electrons. The molecule has 0 saturated heterocycles. The number of amides is 1. The fourth-order valence-corrected chi connectivity index (χ4v) is 4.48. The van der Waals surface area contributed by atoms with Crippen molar-refractivity contribution < 1.29 is 22.4 Å². The van der Waals surface area contributed by atoms with Crippen molar-refractivity contribution >= 4 is 22.6 Å². The molecule has 0 aliphatic carbocycles. The van der Waals surface area contributed by atoms with Gasteiger partial charge in [-0.2, -0.15) is 13.2 Å². The normalized spacial score (nSPS) is 11.4. The van der Waals surface area contributed by atoms with E-state index in [1.807, 2.05) is 59.5 Å². The fraction of sp³-hybridized carbons (Fsp3) is 0.156. The van der Waals surface area contributed by atoms with Gasteiger partial charge in [0.15, 0.2) is 5.82 Å².